The van der Waals surface area contributed by atoms with E-state index in [4.69, 9.17) is 0 Å². The SMILES string of the molecule is O=C1CCC[C@@H]2NCCC[C@@H]12. The minimum Gasteiger partial charge on any atom is -0.313 e. The Morgan fingerprint density at radius 2 is 2.18 bits per heavy atom. The highest BCUT2D eigenvalue weighted by atomic mass is 16.1. The summed E-state index contributed by atoms with van der Waals surface area (Å²) >= 11 is 0. The van der Waals surface area contributed by atoms with E-state index in [2.05, 4.69) is 5.32 Å². The molecule has 1 saturated carbocycles. The van der Waals surface area contributed by atoms with Gasteiger partial charge in [-0.1, -0.05) is 0 Å². The van der Waals surface area contributed by atoms with Crippen LogP contribution in [0.4, 0.5) is 0 Å². The highest BCUT2D eigenvalue weighted by Crippen LogP contribution is 2.27. The van der Waals surface area contributed by atoms with Crippen molar-refractivity contribution in [3.8, 4) is 0 Å². The molecule has 0 aromatic carbocycles. The molecule has 2 rings (SSSR count). The van der Waals surface area contributed by atoms with E-state index >= 15 is 0 Å². The highest BCUT2D eigenvalue weighted by molar-refractivity contribution is 5.82. The fourth-order valence-electron chi connectivity index (χ4n) is 2.32. The van der Waals surface area contributed by atoms with Crippen molar-refractivity contribution in [3.63, 3.8) is 0 Å². The molecule has 0 spiro atoms. The molecule has 1 N–H and O–H groups in total. The van der Waals surface area contributed by atoms with E-state index < -0.39 is 0 Å². The lowest BCUT2D eigenvalue weighted by atomic mass is 9.79. The van der Waals surface area contributed by atoms with E-state index in [-0.39, 0.29) is 0 Å². The summed E-state index contributed by atoms with van der Waals surface area (Å²) in [5, 5.41) is 3.43. The van der Waals surface area contributed by atoms with E-state index in [0.29, 0.717) is 17.7 Å². The molecule has 0 amide bonds. The number of hydrogen-bond donors (Lipinski definition) is 1. The molecular formula is C9H15NO. The van der Waals surface area contributed by atoms with Crippen LogP contribution in [-0.2, 0) is 4.79 Å². The fourth-order valence-corrected chi connectivity index (χ4v) is 2.32. The summed E-state index contributed by atoms with van der Waals surface area (Å²) in [4.78, 5) is 11.4. The molecule has 0 bridgehead atoms. The molecule has 2 fully saturated rings. The predicted octanol–water partition coefficient (Wildman–Crippen LogP) is 1.11. The Kier molecular flexibility index (Phi) is 1.95. The summed E-state index contributed by atoms with van der Waals surface area (Å²) < 4.78 is 0. The van der Waals surface area contributed by atoms with Gasteiger partial charge in [-0.25, -0.2) is 0 Å². The van der Waals surface area contributed by atoms with E-state index in [1.54, 1.807) is 0 Å². The summed E-state index contributed by atoms with van der Waals surface area (Å²) in [6.07, 6.45) is 5.48. The second kappa shape index (κ2) is 2.94. The van der Waals surface area contributed by atoms with Crippen molar-refractivity contribution in [3.05, 3.63) is 0 Å². The maximum Gasteiger partial charge on any atom is 0.137 e. The standard InChI is InChI=1S/C9H15NO/c11-9-5-1-4-8-7(9)3-2-6-10-8/h7-8,10H,1-6H2/t7-,8+/m1/s1. The molecule has 1 aliphatic carbocycles. The molecule has 11 heavy (non-hydrogen) atoms. The van der Waals surface area contributed by atoms with E-state index in [0.717, 1.165) is 25.8 Å². The molecule has 62 valence electrons. The Morgan fingerprint density at radius 3 is 3.00 bits per heavy atom. The van der Waals surface area contributed by atoms with Gasteiger partial charge in [-0.2, -0.15) is 0 Å². The fraction of sp³-hybridized carbons (Fsp3) is 0.889. The largest absolute Gasteiger partial charge is 0.313 e. The molecule has 2 nitrogen and oxygen atoms in total. The van der Waals surface area contributed by atoms with Crippen LogP contribution in [0.25, 0.3) is 0 Å². The molecule has 0 radical (unpaired) electrons. The Morgan fingerprint density at radius 1 is 1.27 bits per heavy atom. The van der Waals surface area contributed by atoms with Crippen molar-refractivity contribution in [2.75, 3.05) is 6.54 Å². The monoisotopic (exact) mass is 153 g/mol. The smallest absolute Gasteiger partial charge is 0.137 e. The minimum atomic E-state index is 0.373. The molecule has 1 saturated heterocycles. The van der Waals surface area contributed by atoms with Crippen LogP contribution < -0.4 is 5.32 Å². The van der Waals surface area contributed by atoms with E-state index in [1.807, 2.05) is 0 Å². The Hall–Kier alpha value is -0.370. The molecule has 2 atom stereocenters. The molecule has 2 aliphatic rings. The third kappa shape index (κ3) is 1.32. The average molecular weight is 153 g/mol. The second-order valence-corrected chi connectivity index (χ2v) is 3.67. The predicted molar refractivity (Wildman–Crippen MR) is 43.4 cm³/mol. The minimum absolute atomic E-state index is 0.373. The van der Waals surface area contributed by atoms with Gasteiger partial charge in [0.2, 0.25) is 0 Å². The number of ketones is 1. The van der Waals surface area contributed by atoms with Gasteiger partial charge in [0, 0.05) is 18.4 Å². The third-order valence-corrected chi connectivity index (χ3v) is 2.94. The molecule has 0 aromatic heterocycles. The molecule has 0 aromatic rings. The van der Waals surface area contributed by atoms with Crippen molar-refractivity contribution in [1.82, 2.24) is 5.32 Å². The van der Waals surface area contributed by atoms with Crippen LogP contribution in [0.5, 0.6) is 0 Å². The van der Waals surface area contributed by atoms with Crippen molar-refractivity contribution in [2.24, 2.45) is 5.92 Å². The average Bonchev–Trinajstić information content (AvgIpc) is 2.06. The molecule has 0 unspecified atom stereocenters. The van der Waals surface area contributed by atoms with Gasteiger partial charge in [0.05, 0.1) is 0 Å². The van der Waals surface area contributed by atoms with Crippen LogP contribution in [0.2, 0.25) is 0 Å². The number of nitrogens with one attached hydrogen (secondary N) is 1. The second-order valence-electron chi connectivity index (χ2n) is 3.67. The van der Waals surface area contributed by atoms with Gasteiger partial charge in [0.15, 0.2) is 0 Å². The number of hydrogen-bond acceptors (Lipinski definition) is 2. The van der Waals surface area contributed by atoms with E-state index in [1.165, 1.54) is 12.8 Å². The zero-order valence-electron chi connectivity index (χ0n) is 6.81. The number of carbonyl (C=O) groups is 1. The molecule has 1 heterocycles. The highest BCUT2D eigenvalue weighted by Gasteiger charge is 2.32. The normalized spacial score (nSPS) is 38.4. The van der Waals surface area contributed by atoms with Crippen LogP contribution in [0, 0.1) is 5.92 Å². The summed E-state index contributed by atoms with van der Waals surface area (Å²) in [5.74, 6) is 0.881. The Bertz CT molecular complexity index is 165. The van der Waals surface area contributed by atoms with Gasteiger partial charge >= 0.3 is 0 Å². The van der Waals surface area contributed by atoms with Crippen molar-refractivity contribution in [1.29, 1.82) is 0 Å². The van der Waals surface area contributed by atoms with Crippen LogP contribution in [0.15, 0.2) is 0 Å². The number of piperidine rings is 1. The maximum atomic E-state index is 11.4. The van der Waals surface area contributed by atoms with Crippen molar-refractivity contribution < 1.29 is 4.79 Å². The van der Waals surface area contributed by atoms with Gasteiger partial charge < -0.3 is 5.32 Å². The Balaban J connectivity index is 2.05. The van der Waals surface area contributed by atoms with Crippen LogP contribution in [-0.4, -0.2) is 18.4 Å². The summed E-state index contributed by atoms with van der Waals surface area (Å²) in [7, 11) is 0. The lowest BCUT2D eigenvalue weighted by Crippen LogP contribution is -2.46. The first kappa shape index (κ1) is 7.29. The van der Waals surface area contributed by atoms with Gasteiger partial charge in [0.25, 0.3) is 0 Å². The summed E-state index contributed by atoms with van der Waals surface area (Å²) in [5.41, 5.74) is 0. The first-order valence-corrected chi connectivity index (χ1v) is 4.64. The summed E-state index contributed by atoms with van der Waals surface area (Å²) in [6.45, 7) is 1.12. The van der Waals surface area contributed by atoms with Crippen LogP contribution >= 0.6 is 0 Å². The van der Waals surface area contributed by atoms with Gasteiger partial charge in [-0.15, -0.1) is 0 Å². The number of carbonyl (C=O) groups excluding carboxylic acids is 1. The lowest BCUT2D eigenvalue weighted by molar-refractivity contribution is -0.126. The molecule has 1 aliphatic heterocycles. The number of rotatable bonds is 0. The van der Waals surface area contributed by atoms with Crippen molar-refractivity contribution >= 4 is 5.78 Å². The summed E-state index contributed by atoms with van der Waals surface area (Å²) in [6, 6.07) is 0.532. The topological polar surface area (TPSA) is 29.1 Å². The molecular weight excluding hydrogens is 138 g/mol. The van der Waals surface area contributed by atoms with Gasteiger partial charge in [0.1, 0.15) is 5.78 Å². The van der Waals surface area contributed by atoms with Crippen LogP contribution in [0.1, 0.15) is 32.1 Å². The third-order valence-electron chi connectivity index (χ3n) is 2.94. The van der Waals surface area contributed by atoms with Crippen molar-refractivity contribution in [2.45, 2.75) is 38.1 Å². The van der Waals surface area contributed by atoms with E-state index in [9.17, 15) is 4.79 Å². The lowest BCUT2D eigenvalue weighted by Gasteiger charge is -2.34. The maximum absolute atomic E-state index is 11.4. The first-order chi connectivity index (χ1) is 5.38. The zero-order valence-corrected chi connectivity index (χ0v) is 6.81. The van der Waals surface area contributed by atoms with Gasteiger partial charge in [-0.05, 0) is 32.2 Å². The number of fused-ring (bicyclic) bond motifs is 1. The number of Topliss-reactive ketones (excluding diaryl/α,β-unsaturated/α-hetero) is 1. The first-order valence-electron chi connectivity index (χ1n) is 4.64. The van der Waals surface area contributed by atoms with Crippen LogP contribution in [0.3, 0.4) is 0 Å². The Labute approximate surface area is 67.4 Å². The quantitative estimate of drug-likeness (QED) is 0.564. The molecule has 2 heteroatoms. The van der Waals surface area contributed by atoms with Gasteiger partial charge in [-0.3, -0.25) is 4.79 Å². The zero-order chi connectivity index (χ0) is 7.68.